The molecule has 0 amide bonds. The molecule has 3 heteroatoms. The number of halogens is 1. The zero-order chi connectivity index (χ0) is 11.8. The standard InChI is InChI=1S/C13H18ClNO/c1-12(9-14)10-15(7-8-16)11-13-5-3-2-4-6-13/h2-6,9,16H,7-8,10-11H2,1H3/b12-9-. The Morgan fingerprint density at radius 1 is 1.38 bits per heavy atom. The van der Waals surface area contributed by atoms with Crippen molar-refractivity contribution in [1.82, 2.24) is 4.90 Å². The highest BCUT2D eigenvalue weighted by Gasteiger charge is 2.05. The number of aliphatic hydroxyl groups excluding tert-OH is 1. The SMILES string of the molecule is C/C(=C/Cl)CN(CCO)Cc1ccccc1. The van der Waals surface area contributed by atoms with E-state index in [2.05, 4.69) is 17.0 Å². The molecule has 0 fully saturated rings. The van der Waals surface area contributed by atoms with Crippen molar-refractivity contribution in [3.8, 4) is 0 Å². The fraction of sp³-hybridized carbons (Fsp3) is 0.385. The number of aliphatic hydroxyl groups is 1. The third-order valence-electron chi connectivity index (χ3n) is 2.32. The summed E-state index contributed by atoms with van der Waals surface area (Å²) in [5.74, 6) is 0. The fourth-order valence-corrected chi connectivity index (χ4v) is 1.65. The maximum atomic E-state index is 9.01. The molecule has 0 aromatic heterocycles. The molecule has 1 N–H and O–H groups in total. The van der Waals surface area contributed by atoms with Gasteiger partial charge in [-0.2, -0.15) is 0 Å². The van der Waals surface area contributed by atoms with Crippen LogP contribution >= 0.6 is 11.6 Å². The van der Waals surface area contributed by atoms with E-state index in [-0.39, 0.29) is 6.61 Å². The second-order valence-electron chi connectivity index (χ2n) is 3.88. The van der Waals surface area contributed by atoms with Gasteiger partial charge in [-0.05, 0) is 18.1 Å². The van der Waals surface area contributed by atoms with Gasteiger partial charge >= 0.3 is 0 Å². The van der Waals surface area contributed by atoms with Gasteiger partial charge in [0.25, 0.3) is 0 Å². The summed E-state index contributed by atoms with van der Waals surface area (Å²) in [6.45, 7) is 4.45. The molecule has 88 valence electrons. The Kier molecular flexibility index (Phi) is 6.16. The summed E-state index contributed by atoms with van der Waals surface area (Å²) in [6, 6.07) is 10.2. The predicted molar refractivity (Wildman–Crippen MR) is 68.4 cm³/mol. The van der Waals surface area contributed by atoms with Crippen LogP contribution in [0.25, 0.3) is 0 Å². The second kappa shape index (κ2) is 7.44. The number of hydrogen-bond acceptors (Lipinski definition) is 2. The third kappa shape index (κ3) is 4.79. The van der Waals surface area contributed by atoms with Gasteiger partial charge in [-0.1, -0.05) is 41.9 Å². The van der Waals surface area contributed by atoms with Crippen molar-refractivity contribution in [2.45, 2.75) is 13.5 Å². The lowest BCUT2D eigenvalue weighted by Crippen LogP contribution is -2.28. The summed E-state index contributed by atoms with van der Waals surface area (Å²) >= 11 is 5.65. The molecular weight excluding hydrogens is 222 g/mol. The van der Waals surface area contributed by atoms with Crippen LogP contribution in [-0.4, -0.2) is 29.7 Å². The largest absolute Gasteiger partial charge is 0.395 e. The smallest absolute Gasteiger partial charge is 0.0558 e. The van der Waals surface area contributed by atoms with Gasteiger partial charge in [0.2, 0.25) is 0 Å². The van der Waals surface area contributed by atoms with Crippen molar-refractivity contribution >= 4 is 11.6 Å². The first kappa shape index (κ1) is 13.2. The van der Waals surface area contributed by atoms with Crippen LogP contribution < -0.4 is 0 Å². The van der Waals surface area contributed by atoms with E-state index in [0.717, 1.165) is 18.7 Å². The Bertz CT molecular complexity index is 324. The third-order valence-corrected chi connectivity index (χ3v) is 2.70. The lowest BCUT2D eigenvalue weighted by molar-refractivity contribution is 0.201. The molecule has 16 heavy (non-hydrogen) atoms. The van der Waals surface area contributed by atoms with Crippen molar-refractivity contribution in [3.05, 3.63) is 47.0 Å². The molecule has 1 aromatic rings. The first-order chi connectivity index (χ1) is 7.76. The van der Waals surface area contributed by atoms with Crippen molar-refractivity contribution < 1.29 is 5.11 Å². The van der Waals surface area contributed by atoms with E-state index in [1.807, 2.05) is 25.1 Å². The quantitative estimate of drug-likeness (QED) is 0.825. The minimum Gasteiger partial charge on any atom is -0.395 e. The van der Waals surface area contributed by atoms with Gasteiger partial charge in [0.1, 0.15) is 0 Å². The molecule has 0 atom stereocenters. The van der Waals surface area contributed by atoms with E-state index in [9.17, 15) is 0 Å². The van der Waals surface area contributed by atoms with Crippen LogP contribution in [0, 0.1) is 0 Å². The summed E-state index contributed by atoms with van der Waals surface area (Å²) in [6.07, 6.45) is 0. The number of hydrogen-bond donors (Lipinski definition) is 1. The molecule has 0 bridgehead atoms. The van der Waals surface area contributed by atoms with Crippen LogP contribution in [0.4, 0.5) is 0 Å². The van der Waals surface area contributed by atoms with Crippen LogP contribution in [0.3, 0.4) is 0 Å². The van der Waals surface area contributed by atoms with Gasteiger partial charge in [-0.3, -0.25) is 4.90 Å². The molecule has 0 saturated carbocycles. The second-order valence-corrected chi connectivity index (χ2v) is 4.09. The van der Waals surface area contributed by atoms with E-state index >= 15 is 0 Å². The highest BCUT2D eigenvalue weighted by Crippen LogP contribution is 2.07. The van der Waals surface area contributed by atoms with Gasteiger partial charge in [0, 0.05) is 25.2 Å². The van der Waals surface area contributed by atoms with E-state index in [0.29, 0.717) is 6.54 Å². The van der Waals surface area contributed by atoms with E-state index in [1.165, 1.54) is 5.56 Å². The average molecular weight is 240 g/mol. The zero-order valence-electron chi connectivity index (χ0n) is 9.56. The minimum absolute atomic E-state index is 0.169. The maximum absolute atomic E-state index is 9.01. The Hall–Kier alpha value is -0.830. The molecule has 0 spiro atoms. The first-order valence-electron chi connectivity index (χ1n) is 5.39. The van der Waals surface area contributed by atoms with Crippen molar-refractivity contribution in [1.29, 1.82) is 0 Å². The molecule has 2 nitrogen and oxygen atoms in total. The number of benzene rings is 1. The molecule has 0 saturated heterocycles. The maximum Gasteiger partial charge on any atom is 0.0558 e. The highest BCUT2D eigenvalue weighted by molar-refractivity contribution is 6.25. The number of rotatable bonds is 6. The minimum atomic E-state index is 0.169. The van der Waals surface area contributed by atoms with Crippen LogP contribution in [-0.2, 0) is 6.54 Å². The summed E-state index contributed by atoms with van der Waals surface area (Å²) in [4.78, 5) is 2.17. The summed E-state index contributed by atoms with van der Waals surface area (Å²) in [5.41, 5.74) is 3.94. The molecule has 1 aromatic carbocycles. The van der Waals surface area contributed by atoms with Crippen molar-refractivity contribution in [2.24, 2.45) is 0 Å². The Morgan fingerprint density at radius 2 is 2.06 bits per heavy atom. The molecule has 0 aliphatic rings. The molecule has 0 aliphatic heterocycles. The van der Waals surface area contributed by atoms with Gasteiger partial charge in [-0.15, -0.1) is 0 Å². The topological polar surface area (TPSA) is 23.5 Å². The molecular formula is C13H18ClNO. The van der Waals surface area contributed by atoms with Crippen LogP contribution in [0.15, 0.2) is 41.4 Å². The normalized spacial score (nSPS) is 12.1. The van der Waals surface area contributed by atoms with Gasteiger partial charge in [0.15, 0.2) is 0 Å². The van der Waals surface area contributed by atoms with E-state index < -0.39 is 0 Å². The predicted octanol–water partition coefficient (Wildman–Crippen LogP) is 2.62. The summed E-state index contributed by atoms with van der Waals surface area (Å²) in [7, 11) is 0. The monoisotopic (exact) mass is 239 g/mol. The molecule has 0 heterocycles. The molecule has 0 aliphatic carbocycles. The molecule has 0 unspecified atom stereocenters. The van der Waals surface area contributed by atoms with E-state index in [1.54, 1.807) is 5.54 Å². The fourth-order valence-electron chi connectivity index (χ4n) is 1.58. The highest BCUT2D eigenvalue weighted by atomic mass is 35.5. The first-order valence-corrected chi connectivity index (χ1v) is 5.83. The zero-order valence-corrected chi connectivity index (χ0v) is 10.3. The Labute approximate surface area is 102 Å². The lowest BCUT2D eigenvalue weighted by atomic mass is 10.2. The Morgan fingerprint density at radius 3 is 2.62 bits per heavy atom. The Balaban J connectivity index is 2.57. The number of nitrogens with zero attached hydrogens (tertiary/aromatic N) is 1. The van der Waals surface area contributed by atoms with Gasteiger partial charge in [-0.25, -0.2) is 0 Å². The van der Waals surface area contributed by atoms with Gasteiger partial charge < -0.3 is 5.11 Å². The van der Waals surface area contributed by atoms with Crippen LogP contribution in [0.5, 0.6) is 0 Å². The average Bonchev–Trinajstić information content (AvgIpc) is 2.30. The van der Waals surface area contributed by atoms with Crippen molar-refractivity contribution in [2.75, 3.05) is 19.7 Å². The van der Waals surface area contributed by atoms with Crippen molar-refractivity contribution in [3.63, 3.8) is 0 Å². The lowest BCUT2D eigenvalue weighted by Gasteiger charge is -2.21. The molecule has 0 radical (unpaired) electrons. The summed E-state index contributed by atoms with van der Waals surface area (Å²) < 4.78 is 0. The van der Waals surface area contributed by atoms with E-state index in [4.69, 9.17) is 16.7 Å². The molecule has 1 rings (SSSR count). The van der Waals surface area contributed by atoms with Crippen LogP contribution in [0.1, 0.15) is 12.5 Å². The van der Waals surface area contributed by atoms with Gasteiger partial charge in [0.05, 0.1) is 6.61 Å². The summed E-state index contributed by atoms with van der Waals surface area (Å²) in [5, 5.41) is 9.01. The van der Waals surface area contributed by atoms with Crippen LogP contribution in [0.2, 0.25) is 0 Å².